The maximum Gasteiger partial charge on any atom is 0.0291 e. The molecule has 0 heterocycles. The van der Waals surface area contributed by atoms with E-state index in [0.717, 1.165) is 12.5 Å². The van der Waals surface area contributed by atoms with E-state index in [-0.39, 0.29) is 0 Å². The highest BCUT2D eigenvalue weighted by atomic mass is 14.9. The number of hydrogen-bond donors (Lipinski definition) is 1. The third-order valence-corrected chi connectivity index (χ3v) is 3.38. The summed E-state index contributed by atoms with van der Waals surface area (Å²) in [5.74, 6) is 0.815. The SMILES string of the molecule is C[C@@H](NCC[C@@H]1C=CCC1)c1ccccc1. The van der Waals surface area contributed by atoms with Gasteiger partial charge in [-0.15, -0.1) is 0 Å². The topological polar surface area (TPSA) is 12.0 Å². The monoisotopic (exact) mass is 215 g/mol. The highest BCUT2D eigenvalue weighted by Crippen LogP contribution is 2.20. The first kappa shape index (κ1) is 11.4. The molecule has 1 nitrogen and oxygen atoms in total. The lowest BCUT2D eigenvalue weighted by Crippen LogP contribution is -2.21. The van der Waals surface area contributed by atoms with E-state index in [2.05, 4.69) is 54.7 Å². The Bertz CT molecular complexity index is 329. The van der Waals surface area contributed by atoms with Crippen molar-refractivity contribution in [3.63, 3.8) is 0 Å². The van der Waals surface area contributed by atoms with Crippen LogP contribution in [0.2, 0.25) is 0 Å². The van der Waals surface area contributed by atoms with Gasteiger partial charge in [0.05, 0.1) is 0 Å². The van der Waals surface area contributed by atoms with Gasteiger partial charge in [0.15, 0.2) is 0 Å². The molecule has 1 aliphatic rings. The fourth-order valence-electron chi connectivity index (χ4n) is 2.28. The van der Waals surface area contributed by atoms with Crippen molar-refractivity contribution in [3.05, 3.63) is 48.0 Å². The van der Waals surface area contributed by atoms with E-state index in [4.69, 9.17) is 0 Å². The van der Waals surface area contributed by atoms with Crippen LogP contribution in [0.15, 0.2) is 42.5 Å². The van der Waals surface area contributed by atoms with E-state index in [1.165, 1.54) is 24.8 Å². The summed E-state index contributed by atoms with van der Waals surface area (Å²) in [7, 11) is 0. The molecule has 2 rings (SSSR count). The minimum absolute atomic E-state index is 0.464. The first-order chi connectivity index (χ1) is 7.86. The molecule has 1 N–H and O–H groups in total. The van der Waals surface area contributed by atoms with Crippen molar-refractivity contribution in [3.8, 4) is 0 Å². The van der Waals surface area contributed by atoms with Crippen LogP contribution in [0.3, 0.4) is 0 Å². The maximum absolute atomic E-state index is 3.59. The average molecular weight is 215 g/mol. The Morgan fingerprint density at radius 2 is 2.12 bits per heavy atom. The van der Waals surface area contributed by atoms with Crippen molar-refractivity contribution in [1.82, 2.24) is 5.32 Å². The lowest BCUT2D eigenvalue weighted by atomic mass is 10.0. The lowest BCUT2D eigenvalue weighted by Gasteiger charge is -2.15. The van der Waals surface area contributed by atoms with Crippen LogP contribution >= 0.6 is 0 Å². The Labute approximate surface area is 98.6 Å². The second-order valence-corrected chi connectivity index (χ2v) is 4.64. The van der Waals surface area contributed by atoms with Crippen molar-refractivity contribution in [2.24, 2.45) is 5.92 Å². The third-order valence-electron chi connectivity index (χ3n) is 3.38. The van der Waals surface area contributed by atoms with E-state index in [0.29, 0.717) is 6.04 Å². The summed E-state index contributed by atoms with van der Waals surface area (Å²) in [6.45, 7) is 3.35. The lowest BCUT2D eigenvalue weighted by molar-refractivity contribution is 0.497. The standard InChI is InChI=1S/C15H21N/c1-13(15-9-3-2-4-10-15)16-12-11-14-7-5-6-8-14/h2-5,7,9-10,13-14,16H,6,8,11-12H2,1H3/t13-,14-/m1/s1. The second kappa shape index (κ2) is 5.86. The number of benzene rings is 1. The summed E-state index contributed by atoms with van der Waals surface area (Å²) in [6, 6.07) is 11.1. The minimum Gasteiger partial charge on any atom is -0.310 e. The molecule has 0 aliphatic heterocycles. The van der Waals surface area contributed by atoms with Gasteiger partial charge in [0.1, 0.15) is 0 Å². The predicted octanol–water partition coefficient (Wildman–Crippen LogP) is 3.69. The Kier molecular flexibility index (Phi) is 4.17. The van der Waals surface area contributed by atoms with Crippen molar-refractivity contribution in [2.75, 3.05) is 6.54 Å². The van der Waals surface area contributed by atoms with Gasteiger partial charge in [-0.1, -0.05) is 42.5 Å². The van der Waals surface area contributed by atoms with E-state index < -0.39 is 0 Å². The van der Waals surface area contributed by atoms with Crippen LogP contribution in [-0.4, -0.2) is 6.54 Å². The molecule has 0 aromatic heterocycles. The Hall–Kier alpha value is -1.08. The van der Waals surface area contributed by atoms with Gasteiger partial charge in [-0.3, -0.25) is 0 Å². The number of allylic oxidation sites excluding steroid dienone is 2. The quantitative estimate of drug-likeness (QED) is 0.739. The van der Waals surface area contributed by atoms with E-state index in [1.807, 2.05) is 0 Å². The Balaban J connectivity index is 1.71. The molecule has 0 saturated carbocycles. The van der Waals surface area contributed by atoms with Crippen LogP contribution < -0.4 is 5.32 Å². The fraction of sp³-hybridized carbons (Fsp3) is 0.467. The molecule has 1 aromatic carbocycles. The van der Waals surface area contributed by atoms with Crippen LogP contribution in [0.5, 0.6) is 0 Å². The molecule has 0 radical (unpaired) electrons. The largest absolute Gasteiger partial charge is 0.310 e. The van der Waals surface area contributed by atoms with Gasteiger partial charge in [-0.25, -0.2) is 0 Å². The summed E-state index contributed by atoms with van der Waals surface area (Å²) >= 11 is 0. The number of rotatable bonds is 5. The van der Waals surface area contributed by atoms with Gasteiger partial charge in [-0.05, 0) is 44.2 Å². The van der Waals surface area contributed by atoms with Crippen LogP contribution in [0.25, 0.3) is 0 Å². The molecule has 86 valence electrons. The molecule has 0 fully saturated rings. The molecular weight excluding hydrogens is 194 g/mol. The maximum atomic E-state index is 3.59. The zero-order valence-corrected chi connectivity index (χ0v) is 10.0. The summed E-state index contributed by atoms with van der Waals surface area (Å²) < 4.78 is 0. The van der Waals surface area contributed by atoms with E-state index >= 15 is 0 Å². The molecule has 0 unspecified atom stereocenters. The van der Waals surface area contributed by atoms with E-state index in [9.17, 15) is 0 Å². The first-order valence-corrected chi connectivity index (χ1v) is 6.31. The molecule has 0 amide bonds. The highest BCUT2D eigenvalue weighted by Gasteiger charge is 2.09. The Morgan fingerprint density at radius 3 is 2.81 bits per heavy atom. The highest BCUT2D eigenvalue weighted by molar-refractivity contribution is 5.17. The minimum atomic E-state index is 0.464. The van der Waals surface area contributed by atoms with Gasteiger partial charge < -0.3 is 5.32 Å². The molecule has 0 saturated heterocycles. The molecule has 16 heavy (non-hydrogen) atoms. The smallest absolute Gasteiger partial charge is 0.0291 e. The summed E-state index contributed by atoms with van der Waals surface area (Å²) in [5, 5.41) is 3.59. The molecule has 1 aromatic rings. The van der Waals surface area contributed by atoms with Crippen molar-refractivity contribution in [1.29, 1.82) is 0 Å². The Morgan fingerprint density at radius 1 is 1.31 bits per heavy atom. The van der Waals surface area contributed by atoms with Gasteiger partial charge in [0.25, 0.3) is 0 Å². The van der Waals surface area contributed by atoms with Gasteiger partial charge in [-0.2, -0.15) is 0 Å². The van der Waals surface area contributed by atoms with Gasteiger partial charge in [0.2, 0.25) is 0 Å². The van der Waals surface area contributed by atoms with Crippen LogP contribution in [0.1, 0.15) is 37.8 Å². The molecule has 0 spiro atoms. The van der Waals surface area contributed by atoms with Crippen molar-refractivity contribution >= 4 is 0 Å². The van der Waals surface area contributed by atoms with Gasteiger partial charge >= 0.3 is 0 Å². The third kappa shape index (κ3) is 3.21. The summed E-state index contributed by atoms with van der Waals surface area (Å²) in [5.41, 5.74) is 1.38. The fourth-order valence-corrected chi connectivity index (χ4v) is 2.28. The van der Waals surface area contributed by atoms with Crippen molar-refractivity contribution in [2.45, 2.75) is 32.2 Å². The second-order valence-electron chi connectivity index (χ2n) is 4.64. The van der Waals surface area contributed by atoms with Crippen LogP contribution in [-0.2, 0) is 0 Å². The van der Waals surface area contributed by atoms with E-state index in [1.54, 1.807) is 0 Å². The van der Waals surface area contributed by atoms with Crippen molar-refractivity contribution < 1.29 is 0 Å². The predicted molar refractivity (Wildman–Crippen MR) is 69.3 cm³/mol. The first-order valence-electron chi connectivity index (χ1n) is 6.31. The zero-order valence-electron chi connectivity index (χ0n) is 10.0. The molecular formula is C15H21N. The molecule has 2 atom stereocenters. The van der Waals surface area contributed by atoms with Crippen LogP contribution in [0, 0.1) is 5.92 Å². The summed E-state index contributed by atoms with van der Waals surface area (Å²) in [6.07, 6.45) is 8.58. The summed E-state index contributed by atoms with van der Waals surface area (Å²) in [4.78, 5) is 0. The van der Waals surface area contributed by atoms with Gasteiger partial charge in [0, 0.05) is 6.04 Å². The molecule has 0 bridgehead atoms. The number of hydrogen-bond acceptors (Lipinski definition) is 1. The zero-order chi connectivity index (χ0) is 11.2. The average Bonchev–Trinajstić information content (AvgIpc) is 2.83. The number of nitrogens with one attached hydrogen (secondary N) is 1. The molecule has 1 aliphatic carbocycles. The normalized spacial score (nSPS) is 21.2. The van der Waals surface area contributed by atoms with Crippen LogP contribution in [0.4, 0.5) is 0 Å². The molecule has 1 heteroatoms.